The molecule has 20 heavy (non-hydrogen) atoms. The minimum Gasteiger partial charge on any atom is -0.465 e. The highest BCUT2D eigenvalue weighted by atomic mass is 32.2. The molecule has 0 bridgehead atoms. The van der Waals surface area contributed by atoms with Gasteiger partial charge < -0.3 is 10.5 Å². The summed E-state index contributed by atoms with van der Waals surface area (Å²) in [4.78, 5) is 11.9. The normalized spacial score (nSPS) is 10.6. The molecule has 1 aromatic rings. The van der Waals surface area contributed by atoms with Crippen LogP contribution in [0.25, 0.3) is 0 Å². The van der Waals surface area contributed by atoms with Crippen molar-refractivity contribution < 1.29 is 9.53 Å². The van der Waals surface area contributed by atoms with Crippen LogP contribution < -0.4 is 5.73 Å². The number of hydrogen-bond donors (Lipinski definition) is 1. The number of esters is 1. The van der Waals surface area contributed by atoms with Crippen LogP contribution in [0.1, 0.15) is 31.4 Å². The first-order chi connectivity index (χ1) is 9.49. The molecule has 3 nitrogen and oxygen atoms in total. The number of carbonyl (C=O) groups excluding carboxylic acids is 1. The highest BCUT2D eigenvalue weighted by Gasteiger charge is 2.04. The molecule has 0 saturated heterocycles. The van der Waals surface area contributed by atoms with E-state index in [0.717, 1.165) is 23.3 Å². The number of hydrogen-bond acceptors (Lipinski definition) is 4. The zero-order valence-corrected chi connectivity index (χ0v) is 13.6. The monoisotopic (exact) mass is 311 g/mol. The van der Waals surface area contributed by atoms with Gasteiger partial charge in [-0.2, -0.15) is 0 Å². The van der Waals surface area contributed by atoms with Gasteiger partial charge >= 0.3 is 5.97 Å². The lowest BCUT2D eigenvalue weighted by molar-refractivity contribution is -0.140. The van der Waals surface area contributed by atoms with Crippen LogP contribution in [-0.4, -0.2) is 23.3 Å². The Labute approximate surface area is 130 Å². The van der Waals surface area contributed by atoms with Crippen LogP contribution in [0.4, 0.5) is 0 Å². The number of thioether (sulfide) groups is 1. The average molecular weight is 311 g/mol. The van der Waals surface area contributed by atoms with Crippen LogP contribution in [0.2, 0.25) is 0 Å². The van der Waals surface area contributed by atoms with Gasteiger partial charge in [0.25, 0.3) is 0 Å². The fourth-order valence-corrected chi connectivity index (χ4v) is 2.38. The zero-order chi connectivity index (χ0) is 15.0. The Morgan fingerprint density at radius 2 is 2.00 bits per heavy atom. The van der Waals surface area contributed by atoms with Gasteiger partial charge in [-0.25, -0.2) is 0 Å². The third kappa shape index (κ3) is 6.91. The Bertz CT molecular complexity index is 444. The average Bonchev–Trinajstić information content (AvgIpc) is 2.39. The lowest BCUT2D eigenvalue weighted by atomic mass is 10.1. The molecule has 110 valence electrons. The molecule has 0 atom stereocenters. The van der Waals surface area contributed by atoms with Gasteiger partial charge in [0.1, 0.15) is 4.99 Å². The molecule has 0 aromatic heterocycles. The standard InChI is InChI=1S/C15H21NO2S2/c1-11(2)7-8-18-14(17)10-20-9-12-3-5-13(6-4-12)15(16)19/h3-6,11H,7-10H2,1-2H3,(H2,16,19). The number of rotatable bonds is 8. The Morgan fingerprint density at radius 3 is 2.55 bits per heavy atom. The third-order valence-corrected chi connectivity index (χ3v) is 3.90. The van der Waals surface area contributed by atoms with Crippen LogP contribution in [0.3, 0.4) is 0 Å². The van der Waals surface area contributed by atoms with Gasteiger partial charge in [0.15, 0.2) is 0 Å². The smallest absolute Gasteiger partial charge is 0.315 e. The van der Waals surface area contributed by atoms with Gasteiger partial charge in [-0.1, -0.05) is 50.3 Å². The highest BCUT2D eigenvalue weighted by Crippen LogP contribution is 2.13. The molecule has 0 amide bonds. The maximum absolute atomic E-state index is 11.5. The van der Waals surface area contributed by atoms with Gasteiger partial charge in [0.05, 0.1) is 12.4 Å². The van der Waals surface area contributed by atoms with E-state index in [1.54, 1.807) is 11.8 Å². The van der Waals surface area contributed by atoms with Crippen molar-refractivity contribution in [2.75, 3.05) is 12.4 Å². The first kappa shape index (κ1) is 17.0. The predicted molar refractivity (Wildman–Crippen MR) is 88.9 cm³/mol. The number of nitrogens with two attached hydrogens (primary N) is 1. The summed E-state index contributed by atoms with van der Waals surface area (Å²) in [5.41, 5.74) is 7.54. The number of carbonyl (C=O) groups is 1. The Kier molecular flexibility index (Phi) is 7.62. The summed E-state index contributed by atoms with van der Waals surface area (Å²) in [6.07, 6.45) is 0.914. The number of ether oxygens (including phenoxy) is 1. The van der Waals surface area contributed by atoms with Crippen molar-refractivity contribution in [2.24, 2.45) is 11.7 Å². The molecule has 0 fully saturated rings. The number of benzene rings is 1. The fraction of sp³-hybridized carbons (Fsp3) is 0.467. The molecule has 0 radical (unpaired) electrons. The molecule has 0 spiro atoms. The third-order valence-electron chi connectivity index (χ3n) is 2.69. The molecular weight excluding hydrogens is 290 g/mol. The first-order valence-corrected chi connectivity index (χ1v) is 8.17. The molecule has 0 aliphatic carbocycles. The molecule has 2 N–H and O–H groups in total. The summed E-state index contributed by atoms with van der Waals surface area (Å²) >= 11 is 6.45. The van der Waals surface area contributed by atoms with Crippen molar-refractivity contribution in [1.29, 1.82) is 0 Å². The van der Waals surface area contributed by atoms with Gasteiger partial charge in [0, 0.05) is 11.3 Å². The summed E-state index contributed by atoms with van der Waals surface area (Å²) in [6.45, 7) is 4.73. The lowest BCUT2D eigenvalue weighted by Crippen LogP contribution is -2.10. The van der Waals surface area contributed by atoms with Crippen molar-refractivity contribution in [2.45, 2.75) is 26.0 Å². The Balaban J connectivity index is 2.23. The van der Waals surface area contributed by atoms with Gasteiger partial charge in [-0.3, -0.25) is 4.79 Å². The minimum atomic E-state index is -0.143. The van der Waals surface area contributed by atoms with Crippen LogP contribution in [0.15, 0.2) is 24.3 Å². The van der Waals surface area contributed by atoms with E-state index in [-0.39, 0.29) is 5.97 Å². The van der Waals surface area contributed by atoms with E-state index in [1.807, 2.05) is 24.3 Å². The molecule has 0 saturated carbocycles. The predicted octanol–water partition coefficient (Wildman–Crippen LogP) is 3.14. The van der Waals surface area contributed by atoms with E-state index in [4.69, 9.17) is 22.7 Å². The highest BCUT2D eigenvalue weighted by molar-refractivity contribution is 7.99. The molecule has 1 aromatic carbocycles. The van der Waals surface area contributed by atoms with Crippen molar-refractivity contribution in [3.8, 4) is 0 Å². The molecular formula is C15H21NO2S2. The zero-order valence-electron chi connectivity index (χ0n) is 11.9. The van der Waals surface area contributed by atoms with Crippen molar-refractivity contribution in [3.05, 3.63) is 35.4 Å². The van der Waals surface area contributed by atoms with Crippen LogP contribution in [-0.2, 0) is 15.3 Å². The summed E-state index contributed by atoms with van der Waals surface area (Å²) in [5.74, 6) is 1.57. The topological polar surface area (TPSA) is 52.3 Å². The van der Waals surface area contributed by atoms with E-state index in [2.05, 4.69) is 13.8 Å². The SMILES string of the molecule is CC(C)CCOC(=O)CSCc1ccc(C(N)=S)cc1. The van der Waals surface area contributed by atoms with E-state index in [1.165, 1.54) is 0 Å². The molecule has 1 rings (SSSR count). The summed E-state index contributed by atoms with van der Waals surface area (Å²) in [5, 5.41) is 0. The van der Waals surface area contributed by atoms with Crippen LogP contribution >= 0.6 is 24.0 Å². The van der Waals surface area contributed by atoms with E-state index in [9.17, 15) is 4.79 Å². The second-order valence-electron chi connectivity index (χ2n) is 4.96. The van der Waals surface area contributed by atoms with E-state index < -0.39 is 0 Å². The molecule has 5 heteroatoms. The second kappa shape index (κ2) is 8.97. The fourth-order valence-electron chi connectivity index (χ4n) is 1.47. The maximum atomic E-state index is 11.5. The van der Waals surface area contributed by atoms with Crippen LogP contribution in [0.5, 0.6) is 0 Å². The van der Waals surface area contributed by atoms with Gasteiger partial charge in [-0.15, -0.1) is 11.8 Å². The van der Waals surface area contributed by atoms with Gasteiger partial charge in [-0.05, 0) is 17.9 Å². The summed E-state index contributed by atoms with van der Waals surface area (Å²) in [7, 11) is 0. The summed E-state index contributed by atoms with van der Waals surface area (Å²) < 4.78 is 5.15. The minimum absolute atomic E-state index is 0.143. The first-order valence-electron chi connectivity index (χ1n) is 6.61. The van der Waals surface area contributed by atoms with Crippen molar-refractivity contribution >= 4 is 34.9 Å². The lowest BCUT2D eigenvalue weighted by Gasteiger charge is -2.07. The van der Waals surface area contributed by atoms with Gasteiger partial charge in [0.2, 0.25) is 0 Å². The van der Waals surface area contributed by atoms with Crippen molar-refractivity contribution in [3.63, 3.8) is 0 Å². The van der Waals surface area contributed by atoms with Crippen LogP contribution in [0, 0.1) is 5.92 Å². The number of thiocarbonyl (C=S) groups is 1. The molecule has 0 heterocycles. The quantitative estimate of drug-likeness (QED) is 0.590. The molecule has 0 unspecified atom stereocenters. The van der Waals surface area contributed by atoms with Crippen molar-refractivity contribution in [1.82, 2.24) is 0 Å². The Morgan fingerprint density at radius 1 is 1.35 bits per heavy atom. The molecule has 0 aliphatic heterocycles. The van der Waals surface area contributed by atoms with E-state index >= 15 is 0 Å². The maximum Gasteiger partial charge on any atom is 0.315 e. The van der Waals surface area contributed by atoms with E-state index in [0.29, 0.717) is 23.3 Å². The Hall–Kier alpha value is -1.07. The largest absolute Gasteiger partial charge is 0.465 e. The second-order valence-corrected chi connectivity index (χ2v) is 6.38. The summed E-state index contributed by atoms with van der Waals surface area (Å²) in [6, 6.07) is 7.76. The molecule has 0 aliphatic rings.